The first-order valence-corrected chi connectivity index (χ1v) is 6.54. The third-order valence-corrected chi connectivity index (χ3v) is 3.16. The molecule has 0 amide bonds. The molecule has 0 atom stereocenters. The Labute approximate surface area is 120 Å². The predicted octanol–water partition coefficient (Wildman–Crippen LogP) is 6.42. The molecule has 1 aliphatic rings. The lowest BCUT2D eigenvalue weighted by atomic mass is 9.80. The topological polar surface area (TPSA) is 0 Å². The molecule has 0 aromatic carbocycles. The number of allylic oxidation sites excluding steroid dienone is 9. The van der Waals surface area contributed by atoms with E-state index in [0.717, 1.165) is 5.57 Å². The maximum atomic E-state index is 3.91. The fraction of sp³-hybridized carbons (Fsp3) is 0.368. The van der Waals surface area contributed by atoms with Gasteiger partial charge >= 0.3 is 0 Å². The highest BCUT2D eigenvalue weighted by molar-refractivity contribution is 5.65. The van der Waals surface area contributed by atoms with Crippen LogP contribution in [-0.2, 0) is 0 Å². The van der Waals surface area contributed by atoms with Crippen LogP contribution in [0.15, 0.2) is 72.4 Å². The van der Waals surface area contributed by atoms with E-state index in [1.54, 1.807) is 0 Å². The van der Waals surface area contributed by atoms with E-state index in [-0.39, 0.29) is 12.8 Å². The van der Waals surface area contributed by atoms with Crippen molar-refractivity contribution in [2.24, 2.45) is 5.41 Å². The molecular weight excluding hydrogens is 228 g/mol. The summed E-state index contributed by atoms with van der Waals surface area (Å²) >= 11 is 0. The molecule has 0 spiro atoms. The molecule has 0 heterocycles. The lowest BCUT2D eigenvalue weighted by Gasteiger charge is -2.23. The normalized spacial score (nSPS) is 16.7. The van der Waals surface area contributed by atoms with Crippen LogP contribution in [0.4, 0.5) is 0 Å². The maximum Gasteiger partial charge on any atom is 0.0158 e. The van der Waals surface area contributed by atoms with Gasteiger partial charge in [0.2, 0.25) is 0 Å². The van der Waals surface area contributed by atoms with Crippen LogP contribution in [0.2, 0.25) is 0 Å². The minimum atomic E-state index is -0.0126. The van der Waals surface area contributed by atoms with Gasteiger partial charge in [0.05, 0.1) is 0 Å². The minimum absolute atomic E-state index is 0. The Morgan fingerprint density at radius 3 is 1.58 bits per heavy atom. The van der Waals surface area contributed by atoms with Crippen LogP contribution < -0.4 is 0 Å². The summed E-state index contributed by atoms with van der Waals surface area (Å²) in [6, 6.07) is 0. The average molecular weight is 258 g/mol. The van der Waals surface area contributed by atoms with Gasteiger partial charge in [-0.15, -0.1) is 0 Å². The summed E-state index contributed by atoms with van der Waals surface area (Å²) in [5.74, 6) is 0. The van der Waals surface area contributed by atoms with Gasteiger partial charge in [-0.2, -0.15) is 0 Å². The van der Waals surface area contributed by atoms with Gasteiger partial charge in [0, 0.05) is 5.41 Å². The van der Waals surface area contributed by atoms with E-state index >= 15 is 0 Å². The van der Waals surface area contributed by atoms with Crippen LogP contribution in [0, 0.1) is 5.41 Å². The van der Waals surface area contributed by atoms with Crippen molar-refractivity contribution in [3.05, 3.63) is 72.4 Å². The molecule has 1 rings (SSSR count). The molecule has 106 valence electrons. The molecule has 0 bridgehead atoms. The molecule has 0 saturated carbocycles. The third-order valence-electron chi connectivity index (χ3n) is 3.16. The fourth-order valence-corrected chi connectivity index (χ4v) is 2.38. The lowest BCUT2D eigenvalue weighted by Crippen LogP contribution is -2.12. The Kier molecular flexibility index (Phi) is 8.87. The average Bonchev–Trinajstić information content (AvgIpc) is 2.59. The van der Waals surface area contributed by atoms with Crippen LogP contribution in [-0.4, -0.2) is 0 Å². The largest absolute Gasteiger partial charge is 0.0987 e. The summed E-state index contributed by atoms with van der Waals surface area (Å²) < 4.78 is 0. The predicted molar refractivity (Wildman–Crippen MR) is 91.3 cm³/mol. The first-order chi connectivity index (χ1) is 8.54. The van der Waals surface area contributed by atoms with E-state index in [1.165, 1.54) is 16.7 Å². The second-order valence-electron chi connectivity index (χ2n) is 4.39. The van der Waals surface area contributed by atoms with Crippen molar-refractivity contribution in [1.29, 1.82) is 0 Å². The van der Waals surface area contributed by atoms with Crippen LogP contribution in [0.1, 0.15) is 42.0 Å². The number of rotatable bonds is 4. The SMILES string of the molecule is C.C=CC1=C(C=C)C(C)(C)C(/C=C\C)=C1C=C.CC. The second kappa shape index (κ2) is 8.53. The Bertz CT molecular complexity index is 423. The smallest absolute Gasteiger partial charge is 0.0158 e. The van der Waals surface area contributed by atoms with Gasteiger partial charge in [-0.25, -0.2) is 0 Å². The molecular formula is C19H30. The van der Waals surface area contributed by atoms with Crippen molar-refractivity contribution in [3.63, 3.8) is 0 Å². The summed E-state index contributed by atoms with van der Waals surface area (Å²) in [7, 11) is 0. The molecule has 0 saturated heterocycles. The van der Waals surface area contributed by atoms with Gasteiger partial charge in [0.15, 0.2) is 0 Å². The molecule has 0 radical (unpaired) electrons. The van der Waals surface area contributed by atoms with E-state index in [0.29, 0.717) is 0 Å². The van der Waals surface area contributed by atoms with Gasteiger partial charge in [0.1, 0.15) is 0 Å². The van der Waals surface area contributed by atoms with E-state index in [4.69, 9.17) is 0 Å². The summed E-state index contributed by atoms with van der Waals surface area (Å²) in [4.78, 5) is 0. The van der Waals surface area contributed by atoms with Crippen molar-refractivity contribution in [2.45, 2.75) is 42.0 Å². The Morgan fingerprint density at radius 1 is 0.842 bits per heavy atom. The highest BCUT2D eigenvalue weighted by Gasteiger charge is 2.34. The van der Waals surface area contributed by atoms with E-state index in [1.807, 2.05) is 39.0 Å². The number of hydrogen-bond acceptors (Lipinski definition) is 0. The molecule has 0 N–H and O–H groups in total. The Hall–Kier alpha value is -1.56. The summed E-state index contributed by atoms with van der Waals surface area (Å²) in [6.07, 6.45) is 9.94. The van der Waals surface area contributed by atoms with E-state index in [9.17, 15) is 0 Å². The third kappa shape index (κ3) is 3.47. The van der Waals surface area contributed by atoms with Crippen molar-refractivity contribution >= 4 is 0 Å². The van der Waals surface area contributed by atoms with E-state index < -0.39 is 0 Å². The minimum Gasteiger partial charge on any atom is -0.0987 e. The molecule has 1 aliphatic carbocycles. The maximum absolute atomic E-state index is 3.91. The lowest BCUT2D eigenvalue weighted by molar-refractivity contribution is 0.576. The van der Waals surface area contributed by atoms with Gasteiger partial charge < -0.3 is 0 Å². The highest BCUT2D eigenvalue weighted by Crippen LogP contribution is 2.48. The van der Waals surface area contributed by atoms with Gasteiger partial charge in [0.25, 0.3) is 0 Å². The zero-order valence-electron chi connectivity index (χ0n) is 12.5. The van der Waals surface area contributed by atoms with Crippen LogP contribution in [0.3, 0.4) is 0 Å². The van der Waals surface area contributed by atoms with Crippen LogP contribution >= 0.6 is 0 Å². The Balaban J connectivity index is 0. The summed E-state index contributed by atoms with van der Waals surface area (Å²) in [6.45, 7) is 22.1. The van der Waals surface area contributed by atoms with Crippen LogP contribution in [0.5, 0.6) is 0 Å². The zero-order valence-corrected chi connectivity index (χ0v) is 12.5. The van der Waals surface area contributed by atoms with Gasteiger partial charge in [-0.1, -0.05) is 85.2 Å². The standard InChI is InChI=1S/C16H20.C2H6.CH4/c1-7-11-15-13(9-3)12(8-2)14(10-4)16(15,5)6;1-2;/h7-11H,2-4H2,1,5-6H3;1-2H3;1H4/b11-7-;;. The van der Waals surface area contributed by atoms with E-state index in [2.05, 4.69) is 45.7 Å². The van der Waals surface area contributed by atoms with Crippen molar-refractivity contribution in [1.82, 2.24) is 0 Å². The number of hydrogen-bond donors (Lipinski definition) is 0. The molecule has 0 aromatic heterocycles. The Morgan fingerprint density at radius 2 is 1.26 bits per heavy atom. The van der Waals surface area contributed by atoms with Crippen molar-refractivity contribution in [2.75, 3.05) is 0 Å². The monoisotopic (exact) mass is 258 g/mol. The molecule has 0 heteroatoms. The molecule has 19 heavy (non-hydrogen) atoms. The second-order valence-corrected chi connectivity index (χ2v) is 4.39. The fourth-order valence-electron chi connectivity index (χ4n) is 2.38. The quantitative estimate of drug-likeness (QED) is 0.546. The molecule has 0 aromatic rings. The molecule has 0 nitrogen and oxygen atoms in total. The van der Waals surface area contributed by atoms with Gasteiger partial charge in [-0.05, 0) is 29.2 Å². The van der Waals surface area contributed by atoms with Crippen molar-refractivity contribution < 1.29 is 0 Å². The van der Waals surface area contributed by atoms with Crippen LogP contribution in [0.25, 0.3) is 0 Å². The van der Waals surface area contributed by atoms with Crippen molar-refractivity contribution in [3.8, 4) is 0 Å². The first kappa shape index (κ1) is 19.8. The highest BCUT2D eigenvalue weighted by atomic mass is 14.4. The molecule has 0 unspecified atom stereocenters. The summed E-state index contributed by atoms with van der Waals surface area (Å²) in [5, 5.41) is 0. The van der Waals surface area contributed by atoms with Gasteiger partial charge in [-0.3, -0.25) is 0 Å². The zero-order chi connectivity index (χ0) is 14.3. The molecule has 0 fully saturated rings. The first-order valence-electron chi connectivity index (χ1n) is 6.54. The molecule has 0 aliphatic heterocycles. The summed E-state index contributed by atoms with van der Waals surface area (Å²) in [5.41, 5.74) is 4.83.